The van der Waals surface area contributed by atoms with Crippen molar-refractivity contribution in [3.05, 3.63) is 24.3 Å². The van der Waals surface area contributed by atoms with Gasteiger partial charge in [-0.15, -0.1) is 6.92 Å². The smallest absolute Gasteiger partial charge is 0 e. The van der Waals surface area contributed by atoms with Crippen LogP contribution in [-0.4, -0.2) is 9.55 Å². The molecule has 0 aromatic carbocycles. The third-order valence-corrected chi connectivity index (χ3v) is 1.46. The summed E-state index contributed by atoms with van der Waals surface area (Å²) in [7, 11) is 0. The first-order chi connectivity index (χ1) is 4.75. The Morgan fingerprint density at radius 1 is 1.73 bits per heavy atom. The second kappa shape index (κ2) is 4.84. The van der Waals surface area contributed by atoms with E-state index in [1.165, 1.54) is 0 Å². The molecule has 0 amide bonds. The van der Waals surface area contributed by atoms with Crippen LogP contribution in [-0.2, 0) is 32.7 Å². The number of rotatable bonds is 1. The quantitative estimate of drug-likeness (QED) is 0.662. The predicted molar refractivity (Wildman–Crippen MR) is 40.1 cm³/mol. The Morgan fingerprint density at radius 3 is 2.73 bits per heavy atom. The second-order valence-corrected chi connectivity index (χ2v) is 2.11. The maximum atomic E-state index is 4.03. The normalized spacial score (nSPS) is 11.0. The van der Waals surface area contributed by atoms with Crippen LogP contribution in [0.4, 0.5) is 0 Å². The summed E-state index contributed by atoms with van der Waals surface area (Å²) in [5.74, 6) is 0.951. The monoisotopic (exact) mass is 223 g/mol. The molecule has 0 atom stereocenters. The zero-order valence-corrected chi connectivity index (χ0v) is 9.89. The molecule has 0 saturated carbocycles. The summed E-state index contributed by atoms with van der Waals surface area (Å²) in [6.07, 6.45) is 7.64. The summed E-state index contributed by atoms with van der Waals surface area (Å²) in [5.41, 5.74) is 1.04. The zero-order valence-electron chi connectivity index (χ0n) is 7.05. The molecule has 57 valence electrons. The van der Waals surface area contributed by atoms with Crippen LogP contribution < -0.4 is 0 Å². The molecule has 0 unspecified atom stereocenters. The zero-order chi connectivity index (χ0) is 7.56. The van der Waals surface area contributed by atoms with Gasteiger partial charge in [0.25, 0.3) is 0 Å². The van der Waals surface area contributed by atoms with E-state index in [1.54, 1.807) is 6.20 Å². The van der Waals surface area contributed by atoms with Gasteiger partial charge in [0.05, 0.1) is 0 Å². The van der Waals surface area contributed by atoms with E-state index >= 15 is 0 Å². The van der Waals surface area contributed by atoms with Gasteiger partial charge in [-0.3, -0.25) is 5.70 Å². The molecule has 1 aromatic rings. The van der Waals surface area contributed by atoms with Gasteiger partial charge in [-0.2, -0.15) is 0 Å². The Hall–Kier alpha value is 0.0539. The molecule has 0 aliphatic carbocycles. The van der Waals surface area contributed by atoms with Crippen LogP contribution in [0.2, 0.25) is 0 Å². The average Bonchev–Trinajstić information content (AvgIpc) is 2.34. The van der Waals surface area contributed by atoms with Gasteiger partial charge < -0.3 is 15.6 Å². The number of allylic oxidation sites excluding steroid dienone is 2. The van der Waals surface area contributed by atoms with Crippen molar-refractivity contribution in [3.8, 4) is 0 Å². The van der Waals surface area contributed by atoms with E-state index in [1.807, 2.05) is 25.3 Å². The Bertz CT molecular complexity index is 250. The van der Waals surface area contributed by atoms with Crippen LogP contribution in [0.15, 0.2) is 6.20 Å². The minimum Gasteiger partial charge on any atom is -0.551 e. The molecule has 11 heavy (non-hydrogen) atoms. The standard InChI is InChI=1S/C8H10N2.Y/c1-4-7(2)10-6-5-9-8(10)3;/h5H,1-3H3;/q-2;. The molecule has 0 spiro atoms. The number of hydrogen-bond donors (Lipinski definition) is 0. The molecule has 1 heterocycles. The molecule has 0 fully saturated rings. The van der Waals surface area contributed by atoms with Gasteiger partial charge in [-0.05, 0) is 12.0 Å². The summed E-state index contributed by atoms with van der Waals surface area (Å²) in [6, 6.07) is 0. The molecular weight excluding hydrogens is 213 g/mol. The summed E-state index contributed by atoms with van der Waals surface area (Å²) in [5, 5.41) is 0. The van der Waals surface area contributed by atoms with E-state index < -0.39 is 0 Å². The van der Waals surface area contributed by atoms with Crippen molar-refractivity contribution in [2.45, 2.75) is 20.8 Å². The fourth-order valence-corrected chi connectivity index (χ4v) is 0.783. The number of nitrogens with zero attached hydrogens (tertiary/aromatic N) is 2. The van der Waals surface area contributed by atoms with Gasteiger partial charge in [0, 0.05) is 32.7 Å². The molecule has 0 aliphatic rings. The van der Waals surface area contributed by atoms with Crippen molar-refractivity contribution >= 4 is 5.70 Å². The average molecular weight is 223 g/mol. The summed E-state index contributed by atoms with van der Waals surface area (Å²) < 4.78 is 1.88. The third kappa shape index (κ3) is 2.53. The first-order valence-electron chi connectivity index (χ1n) is 3.19. The molecule has 0 saturated heterocycles. The van der Waals surface area contributed by atoms with Crippen molar-refractivity contribution in [2.24, 2.45) is 0 Å². The van der Waals surface area contributed by atoms with Crippen LogP contribution in [0, 0.1) is 19.2 Å². The predicted octanol–water partition coefficient (Wildman–Crippen LogP) is 1.67. The molecule has 0 aliphatic heterocycles. The van der Waals surface area contributed by atoms with E-state index in [9.17, 15) is 0 Å². The molecular formula is C8H10N2Y-2. The Morgan fingerprint density at radius 2 is 2.36 bits per heavy atom. The van der Waals surface area contributed by atoms with Crippen molar-refractivity contribution in [2.75, 3.05) is 0 Å². The maximum Gasteiger partial charge on any atom is 0 e. The topological polar surface area (TPSA) is 17.8 Å². The summed E-state index contributed by atoms with van der Waals surface area (Å²) in [6.45, 7) is 5.80. The Kier molecular flexibility index (Phi) is 4.86. The van der Waals surface area contributed by atoms with E-state index in [0.717, 1.165) is 11.5 Å². The SMILES string of the molecule is C[C-]=C(C)n1[c-]cnc1C.[Y]. The molecule has 3 heteroatoms. The van der Waals surface area contributed by atoms with Crippen molar-refractivity contribution < 1.29 is 32.7 Å². The minimum absolute atomic E-state index is 0. The second-order valence-electron chi connectivity index (χ2n) is 2.11. The van der Waals surface area contributed by atoms with Crippen LogP contribution in [0.5, 0.6) is 0 Å². The van der Waals surface area contributed by atoms with Crippen molar-refractivity contribution in [1.82, 2.24) is 9.55 Å². The van der Waals surface area contributed by atoms with E-state index in [-0.39, 0.29) is 32.7 Å². The van der Waals surface area contributed by atoms with Crippen LogP contribution in [0.1, 0.15) is 19.7 Å². The summed E-state index contributed by atoms with van der Waals surface area (Å²) in [4.78, 5) is 4.03. The van der Waals surface area contributed by atoms with Gasteiger partial charge in [-0.1, -0.05) is 13.1 Å². The Balaban J connectivity index is 0.000001000. The first kappa shape index (κ1) is 11.1. The minimum atomic E-state index is 0. The maximum absolute atomic E-state index is 4.03. The number of imidazole rings is 1. The van der Waals surface area contributed by atoms with Gasteiger partial charge in [0.1, 0.15) is 0 Å². The number of aryl methyl sites for hydroxylation is 1. The van der Waals surface area contributed by atoms with E-state index in [2.05, 4.69) is 17.3 Å². The fraction of sp³-hybridized carbons (Fsp3) is 0.375. The van der Waals surface area contributed by atoms with E-state index in [0.29, 0.717) is 0 Å². The summed E-state index contributed by atoms with van der Waals surface area (Å²) >= 11 is 0. The number of aromatic nitrogens is 2. The largest absolute Gasteiger partial charge is 0.551 e. The van der Waals surface area contributed by atoms with Gasteiger partial charge >= 0.3 is 0 Å². The molecule has 0 N–H and O–H groups in total. The molecule has 0 bridgehead atoms. The van der Waals surface area contributed by atoms with Crippen LogP contribution in [0.25, 0.3) is 5.70 Å². The molecule has 1 aromatic heterocycles. The van der Waals surface area contributed by atoms with Crippen molar-refractivity contribution in [1.29, 1.82) is 0 Å². The fourth-order valence-electron chi connectivity index (χ4n) is 0.783. The number of hydrogen-bond acceptors (Lipinski definition) is 1. The molecule has 2 nitrogen and oxygen atoms in total. The van der Waals surface area contributed by atoms with E-state index in [4.69, 9.17) is 0 Å². The van der Waals surface area contributed by atoms with Crippen molar-refractivity contribution in [3.63, 3.8) is 0 Å². The van der Waals surface area contributed by atoms with Gasteiger partial charge in [-0.25, -0.2) is 6.92 Å². The Labute approximate surface area is 92.6 Å². The van der Waals surface area contributed by atoms with Crippen LogP contribution in [0.3, 0.4) is 0 Å². The van der Waals surface area contributed by atoms with Gasteiger partial charge in [0.2, 0.25) is 0 Å². The van der Waals surface area contributed by atoms with Crippen LogP contribution >= 0.6 is 0 Å². The first-order valence-corrected chi connectivity index (χ1v) is 3.19. The molecule has 1 rings (SSSR count). The molecule has 1 radical (unpaired) electrons. The van der Waals surface area contributed by atoms with Gasteiger partial charge in [0.15, 0.2) is 0 Å². The third-order valence-electron chi connectivity index (χ3n) is 1.46.